The lowest BCUT2D eigenvalue weighted by Gasteiger charge is -2.32. The Balaban J connectivity index is 1.68. The second-order valence-corrected chi connectivity index (χ2v) is 10.3. The summed E-state index contributed by atoms with van der Waals surface area (Å²) in [4.78, 5) is 32.2. The first-order valence-electron chi connectivity index (χ1n) is 11.0. The molecule has 3 rings (SSSR count). The fraction of sp³-hybridized carbons (Fsp3) is 0.500. The summed E-state index contributed by atoms with van der Waals surface area (Å²) in [6, 6.07) is 5.97. The number of aldehydes is 1. The van der Waals surface area contributed by atoms with Crippen LogP contribution in [0.15, 0.2) is 35.5 Å². The number of piperidine rings is 1. The SMILES string of the molecule is CS(=O)(=O)c1ccc(Nc2ncnc(N3CCC(CCCCCC=O)CC3)c2[N+](=O)[O-])cc1. The van der Waals surface area contributed by atoms with Crippen LogP contribution in [-0.4, -0.2) is 48.9 Å². The summed E-state index contributed by atoms with van der Waals surface area (Å²) in [6.45, 7) is 1.36. The van der Waals surface area contributed by atoms with Crippen LogP contribution in [0.3, 0.4) is 0 Å². The van der Waals surface area contributed by atoms with E-state index >= 15 is 0 Å². The molecule has 1 fully saturated rings. The molecule has 1 aliphatic rings. The molecular weight excluding hydrogens is 446 g/mol. The number of anilines is 3. The minimum absolute atomic E-state index is 0.0643. The van der Waals surface area contributed by atoms with Gasteiger partial charge in [0.1, 0.15) is 12.6 Å². The highest BCUT2D eigenvalue weighted by Gasteiger charge is 2.29. The molecule has 178 valence electrons. The van der Waals surface area contributed by atoms with Crippen LogP contribution in [0.2, 0.25) is 0 Å². The summed E-state index contributed by atoms with van der Waals surface area (Å²) >= 11 is 0. The Morgan fingerprint density at radius 2 is 1.85 bits per heavy atom. The fourth-order valence-electron chi connectivity index (χ4n) is 4.05. The van der Waals surface area contributed by atoms with E-state index < -0.39 is 14.8 Å². The topological polar surface area (TPSA) is 135 Å². The van der Waals surface area contributed by atoms with Gasteiger partial charge in [-0.25, -0.2) is 18.4 Å². The van der Waals surface area contributed by atoms with Gasteiger partial charge in [-0.1, -0.05) is 19.3 Å². The summed E-state index contributed by atoms with van der Waals surface area (Å²) in [7, 11) is -3.33. The van der Waals surface area contributed by atoms with Gasteiger partial charge in [-0.2, -0.15) is 0 Å². The third kappa shape index (κ3) is 6.70. The van der Waals surface area contributed by atoms with Gasteiger partial charge in [-0.05, 0) is 49.4 Å². The monoisotopic (exact) mass is 475 g/mol. The van der Waals surface area contributed by atoms with Crippen molar-refractivity contribution in [1.29, 1.82) is 0 Å². The molecule has 0 spiro atoms. The van der Waals surface area contributed by atoms with E-state index in [0.717, 1.165) is 51.1 Å². The molecule has 33 heavy (non-hydrogen) atoms. The van der Waals surface area contributed by atoms with Crippen LogP contribution in [-0.2, 0) is 14.6 Å². The van der Waals surface area contributed by atoms with Gasteiger partial charge in [-0.15, -0.1) is 0 Å². The van der Waals surface area contributed by atoms with Crippen molar-refractivity contribution in [3.05, 3.63) is 40.7 Å². The van der Waals surface area contributed by atoms with E-state index in [2.05, 4.69) is 15.3 Å². The van der Waals surface area contributed by atoms with E-state index in [0.29, 0.717) is 31.1 Å². The summed E-state index contributed by atoms with van der Waals surface area (Å²) in [5.41, 5.74) is 0.292. The van der Waals surface area contributed by atoms with Gasteiger partial charge in [0.25, 0.3) is 0 Å². The molecule has 1 aromatic heterocycles. The zero-order valence-electron chi connectivity index (χ0n) is 18.6. The lowest BCUT2D eigenvalue weighted by molar-refractivity contribution is -0.383. The number of aromatic nitrogens is 2. The van der Waals surface area contributed by atoms with Crippen molar-refractivity contribution in [2.24, 2.45) is 5.92 Å². The third-order valence-corrected chi connectivity index (χ3v) is 7.01. The van der Waals surface area contributed by atoms with Crippen LogP contribution >= 0.6 is 0 Å². The van der Waals surface area contributed by atoms with E-state index in [1.54, 1.807) is 12.1 Å². The number of nitrogens with zero attached hydrogens (tertiary/aromatic N) is 4. The molecule has 11 heteroatoms. The maximum atomic E-state index is 11.9. The predicted molar refractivity (Wildman–Crippen MR) is 126 cm³/mol. The quantitative estimate of drug-likeness (QED) is 0.222. The molecule has 1 N–H and O–H groups in total. The van der Waals surface area contributed by atoms with E-state index in [1.165, 1.54) is 18.5 Å². The zero-order chi connectivity index (χ0) is 23.8. The number of carbonyl (C=O) groups excluding carboxylic acids is 1. The molecule has 0 saturated carbocycles. The Kier molecular flexibility index (Phi) is 8.32. The van der Waals surface area contributed by atoms with Gasteiger partial charge < -0.3 is 15.0 Å². The Morgan fingerprint density at radius 1 is 1.15 bits per heavy atom. The van der Waals surface area contributed by atoms with E-state index in [-0.39, 0.29) is 22.2 Å². The Hall–Kier alpha value is -3.08. The molecule has 0 unspecified atom stereocenters. The van der Waals surface area contributed by atoms with Crippen LogP contribution in [0.1, 0.15) is 44.9 Å². The number of hydrogen-bond acceptors (Lipinski definition) is 9. The van der Waals surface area contributed by atoms with E-state index in [1.807, 2.05) is 4.90 Å². The summed E-state index contributed by atoms with van der Waals surface area (Å²) in [5.74, 6) is 0.924. The predicted octanol–water partition coefficient (Wildman–Crippen LogP) is 3.90. The minimum Gasteiger partial charge on any atom is -0.351 e. The first-order valence-corrected chi connectivity index (χ1v) is 12.9. The smallest absolute Gasteiger partial charge is 0.351 e. The molecule has 0 radical (unpaired) electrons. The van der Waals surface area contributed by atoms with Gasteiger partial charge in [0, 0.05) is 31.5 Å². The number of rotatable bonds is 11. The maximum absolute atomic E-state index is 11.9. The van der Waals surface area contributed by atoms with Gasteiger partial charge >= 0.3 is 5.69 Å². The first kappa shape index (κ1) is 24.6. The number of nitro groups is 1. The first-order chi connectivity index (χ1) is 15.8. The van der Waals surface area contributed by atoms with Crippen LogP contribution in [0.25, 0.3) is 0 Å². The van der Waals surface area contributed by atoms with Crippen LogP contribution in [0.5, 0.6) is 0 Å². The number of nitrogens with one attached hydrogen (secondary N) is 1. The average Bonchev–Trinajstić information content (AvgIpc) is 2.79. The van der Waals surface area contributed by atoms with Crippen molar-refractivity contribution in [2.75, 3.05) is 29.6 Å². The second kappa shape index (κ2) is 11.2. The average molecular weight is 476 g/mol. The highest BCUT2D eigenvalue weighted by Crippen LogP contribution is 2.36. The molecule has 2 aromatic rings. The highest BCUT2D eigenvalue weighted by molar-refractivity contribution is 7.90. The standard InChI is InChI=1S/C22H29N5O5S/c1-33(31,32)19-9-7-18(8-10-19)25-21-20(27(29)30)22(24-16-23-21)26-13-11-17(12-14-26)6-4-2-3-5-15-28/h7-10,15-17H,2-6,11-14H2,1H3,(H,23,24,25). The number of sulfone groups is 1. The van der Waals surface area contributed by atoms with Gasteiger partial charge in [0.15, 0.2) is 9.84 Å². The van der Waals surface area contributed by atoms with Crippen LogP contribution < -0.4 is 10.2 Å². The normalized spacial score (nSPS) is 14.8. The molecular formula is C22H29N5O5S. The molecule has 2 heterocycles. The fourth-order valence-corrected chi connectivity index (χ4v) is 4.68. The summed E-state index contributed by atoms with van der Waals surface area (Å²) < 4.78 is 23.3. The van der Waals surface area contributed by atoms with Crippen LogP contribution in [0, 0.1) is 16.0 Å². The number of unbranched alkanes of at least 4 members (excludes halogenated alkanes) is 3. The van der Waals surface area contributed by atoms with Crippen molar-refractivity contribution in [3.8, 4) is 0 Å². The molecule has 0 atom stereocenters. The number of benzene rings is 1. The summed E-state index contributed by atoms with van der Waals surface area (Å²) in [5, 5.41) is 14.8. The maximum Gasteiger partial charge on any atom is 0.353 e. The Labute approximate surface area is 193 Å². The lowest BCUT2D eigenvalue weighted by atomic mass is 9.91. The highest BCUT2D eigenvalue weighted by atomic mass is 32.2. The third-order valence-electron chi connectivity index (χ3n) is 5.88. The van der Waals surface area contributed by atoms with Gasteiger partial charge in [0.05, 0.1) is 9.82 Å². The Bertz CT molecular complexity index is 1070. The van der Waals surface area contributed by atoms with Crippen molar-refractivity contribution in [2.45, 2.75) is 49.8 Å². The minimum atomic E-state index is -3.33. The Morgan fingerprint density at radius 3 is 2.45 bits per heavy atom. The van der Waals surface area contributed by atoms with Crippen molar-refractivity contribution >= 4 is 39.1 Å². The molecule has 10 nitrogen and oxygen atoms in total. The zero-order valence-corrected chi connectivity index (χ0v) is 19.5. The van der Waals surface area contributed by atoms with E-state index in [9.17, 15) is 23.3 Å². The number of hydrogen-bond donors (Lipinski definition) is 1. The second-order valence-electron chi connectivity index (χ2n) is 8.31. The summed E-state index contributed by atoms with van der Waals surface area (Å²) in [6.07, 6.45) is 10.1. The lowest BCUT2D eigenvalue weighted by Crippen LogP contribution is -2.34. The van der Waals surface area contributed by atoms with Crippen molar-refractivity contribution in [3.63, 3.8) is 0 Å². The molecule has 0 amide bonds. The van der Waals surface area contributed by atoms with Gasteiger partial charge in [0.2, 0.25) is 11.6 Å². The van der Waals surface area contributed by atoms with Crippen molar-refractivity contribution < 1.29 is 18.1 Å². The van der Waals surface area contributed by atoms with Crippen LogP contribution in [0.4, 0.5) is 23.0 Å². The molecule has 0 bridgehead atoms. The molecule has 0 aliphatic carbocycles. The molecule has 1 aliphatic heterocycles. The number of carbonyl (C=O) groups is 1. The largest absolute Gasteiger partial charge is 0.353 e. The molecule has 1 aromatic carbocycles. The van der Waals surface area contributed by atoms with Gasteiger partial charge in [-0.3, -0.25) is 10.1 Å². The molecule has 1 saturated heterocycles. The van der Waals surface area contributed by atoms with E-state index in [4.69, 9.17) is 0 Å². The van der Waals surface area contributed by atoms with Crippen molar-refractivity contribution in [1.82, 2.24) is 9.97 Å².